The number of hydrogen-bond donors (Lipinski definition) is 2. The number of phenols is 1. The molecule has 0 spiro atoms. The molecule has 0 atom stereocenters. The molecule has 0 amide bonds. The van der Waals surface area contributed by atoms with Crippen molar-refractivity contribution in [2.24, 2.45) is 4.99 Å². The van der Waals surface area contributed by atoms with E-state index >= 15 is 0 Å². The number of nitrogens with zero attached hydrogens (tertiary/aromatic N) is 1. The van der Waals surface area contributed by atoms with E-state index in [1.165, 1.54) is 10.9 Å². The molecule has 1 aliphatic rings. The number of fused-ring (bicyclic) bond motifs is 3. The Bertz CT molecular complexity index is 613. The number of aromatic hydroxyl groups is 1. The van der Waals surface area contributed by atoms with E-state index in [-0.39, 0.29) is 0 Å². The van der Waals surface area contributed by atoms with Gasteiger partial charge in [-0.2, -0.15) is 0 Å². The topological polar surface area (TPSA) is 48.4 Å². The molecule has 0 unspecified atom stereocenters. The second-order valence-electron chi connectivity index (χ2n) is 4.02. The predicted molar refractivity (Wildman–Crippen MR) is 73.5 cm³/mol. The van der Waals surface area contributed by atoms with Gasteiger partial charge in [0.1, 0.15) is 5.75 Å². The van der Waals surface area contributed by atoms with Gasteiger partial charge in [-0.05, 0) is 53.6 Å². The molecule has 0 fully saturated rings. The molecule has 2 aromatic rings. The lowest BCUT2D eigenvalue weighted by atomic mass is 10.0. The van der Waals surface area contributed by atoms with Gasteiger partial charge < -0.3 is 10.1 Å². The van der Waals surface area contributed by atoms with E-state index in [0.717, 1.165) is 33.5 Å². The maximum atomic E-state index is 9.69. The van der Waals surface area contributed by atoms with Crippen molar-refractivity contribution in [1.29, 1.82) is 0 Å². The lowest BCUT2D eigenvalue weighted by Gasteiger charge is -2.08. The van der Waals surface area contributed by atoms with Crippen LogP contribution in [0.2, 0.25) is 0 Å². The quantitative estimate of drug-likeness (QED) is 0.717. The van der Waals surface area contributed by atoms with Crippen LogP contribution in [0.1, 0.15) is 18.2 Å². The van der Waals surface area contributed by atoms with Crippen molar-refractivity contribution in [3.05, 3.63) is 27.0 Å². The molecule has 1 aromatic carbocycles. The fourth-order valence-corrected chi connectivity index (χ4v) is 2.86. The molecule has 2 heterocycles. The van der Waals surface area contributed by atoms with Crippen LogP contribution in [0, 0.1) is 3.57 Å². The molecule has 3 nitrogen and oxygen atoms in total. The van der Waals surface area contributed by atoms with Crippen LogP contribution in [-0.2, 0) is 6.42 Å². The molecule has 0 saturated heterocycles. The second-order valence-corrected chi connectivity index (χ2v) is 5.10. The summed E-state index contributed by atoms with van der Waals surface area (Å²) < 4.78 is 0.886. The summed E-state index contributed by atoms with van der Waals surface area (Å²) in [4.78, 5) is 7.82. The molecule has 0 bridgehead atoms. The standard InChI is InChI=1S/C12H11IN2O/c1-6-11-8(4-5-14-6)7-2-3-9(16)10(13)12(7)15-11/h2-3,15-16H,4-5H2,1H3/i13+4. The van der Waals surface area contributed by atoms with Crippen molar-refractivity contribution >= 4 is 39.2 Å². The molecule has 16 heavy (non-hydrogen) atoms. The number of H-pyrrole nitrogens is 1. The third-order valence-electron chi connectivity index (χ3n) is 3.07. The van der Waals surface area contributed by atoms with E-state index in [9.17, 15) is 5.11 Å². The molecule has 4 heteroatoms. The van der Waals surface area contributed by atoms with Crippen molar-refractivity contribution < 1.29 is 5.11 Å². The molecule has 2 N–H and O–H groups in total. The average Bonchev–Trinajstić information content (AvgIpc) is 2.65. The third-order valence-corrected chi connectivity index (χ3v) is 4.16. The van der Waals surface area contributed by atoms with E-state index < -0.39 is 0 Å². The van der Waals surface area contributed by atoms with Gasteiger partial charge in [-0.25, -0.2) is 0 Å². The van der Waals surface area contributed by atoms with Crippen LogP contribution in [0.3, 0.4) is 0 Å². The van der Waals surface area contributed by atoms with Gasteiger partial charge in [-0.1, -0.05) is 0 Å². The number of nitrogens with one attached hydrogen (secondary N) is 1. The van der Waals surface area contributed by atoms with Crippen LogP contribution in [0.15, 0.2) is 17.1 Å². The largest absolute Gasteiger partial charge is 0.507 e. The minimum atomic E-state index is 0.335. The molecule has 3 rings (SSSR count). The summed E-state index contributed by atoms with van der Waals surface area (Å²) in [5, 5.41) is 10.9. The van der Waals surface area contributed by atoms with Gasteiger partial charge in [0.2, 0.25) is 0 Å². The lowest BCUT2D eigenvalue weighted by molar-refractivity contribution is 0.472. The van der Waals surface area contributed by atoms with Crippen molar-refractivity contribution in [1.82, 2.24) is 4.98 Å². The minimum Gasteiger partial charge on any atom is -0.507 e. The van der Waals surface area contributed by atoms with Gasteiger partial charge in [0, 0.05) is 11.9 Å². The van der Waals surface area contributed by atoms with Crippen molar-refractivity contribution in [3.8, 4) is 5.75 Å². The molecule has 0 saturated carbocycles. The Hall–Kier alpha value is -1.04. The summed E-state index contributed by atoms with van der Waals surface area (Å²) in [6.45, 7) is 2.89. The number of rotatable bonds is 0. The molecular weight excluding hydrogens is 319 g/mol. The Kier molecular flexibility index (Phi) is 2.20. The van der Waals surface area contributed by atoms with E-state index in [1.54, 1.807) is 6.07 Å². The summed E-state index contributed by atoms with van der Waals surface area (Å²) in [7, 11) is 0. The zero-order chi connectivity index (χ0) is 11.3. The molecule has 0 radical (unpaired) electrons. The first kappa shape index (κ1) is 10.1. The Balaban J connectivity index is 2.41. The number of aromatic amines is 1. The summed E-state index contributed by atoms with van der Waals surface area (Å²) in [5.74, 6) is 0.335. The average molecular weight is 330 g/mol. The van der Waals surface area contributed by atoms with Crippen LogP contribution < -0.4 is 0 Å². The van der Waals surface area contributed by atoms with Crippen LogP contribution in [0.5, 0.6) is 5.75 Å². The first-order valence-electron chi connectivity index (χ1n) is 5.22. The zero-order valence-electron chi connectivity index (χ0n) is 8.84. The fourth-order valence-electron chi connectivity index (χ4n) is 2.26. The maximum absolute atomic E-state index is 9.69. The second kappa shape index (κ2) is 3.48. The zero-order valence-corrected chi connectivity index (χ0v) is 11.0. The Morgan fingerprint density at radius 2 is 2.25 bits per heavy atom. The van der Waals surface area contributed by atoms with E-state index in [2.05, 4.69) is 32.6 Å². The van der Waals surface area contributed by atoms with Crippen molar-refractivity contribution in [3.63, 3.8) is 0 Å². The molecule has 1 aromatic heterocycles. The first-order chi connectivity index (χ1) is 7.68. The number of halogens is 1. The molecular formula is C12H11IN2O. The molecule has 0 aliphatic carbocycles. The van der Waals surface area contributed by atoms with Gasteiger partial charge in [-0.15, -0.1) is 0 Å². The number of aliphatic imine (C=N–C) groups is 1. The highest BCUT2D eigenvalue weighted by molar-refractivity contribution is 14.1. The van der Waals surface area contributed by atoms with Crippen LogP contribution >= 0.6 is 22.6 Å². The highest BCUT2D eigenvalue weighted by Gasteiger charge is 2.18. The van der Waals surface area contributed by atoms with Gasteiger partial charge in [-0.3, -0.25) is 4.99 Å². The number of aromatic nitrogens is 1. The van der Waals surface area contributed by atoms with Gasteiger partial charge >= 0.3 is 0 Å². The van der Waals surface area contributed by atoms with Crippen molar-refractivity contribution in [2.75, 3.05) is 6.54 Å². The Labute approximate surface area is 107 Å². The third kappa shape index (κ3) is 1.29. The SMILES string of the molecule is CC1=NCCc2c1[nH]c1c([131I])c(O)ccc21. The number of hydrogen-bond acceptors (Lipinski definition) is 2. The van der Waals surface area contributed by atoms with Crippen LogP contribution in [-0.4, -0.2) is 22.3 Å². The number of phenolic OH excluding ortho intramolecular Hbond substituents is 1. The summed E-state index contributed by atoms with van der Waals surface area (Å²) >= 11 is 2.17. The normalized spacial score (nSPS) is 15.0. The van der Waals surface area contributed by atoms with E-state index in [4.69, 9.17) is 0 Å². The van der Waals surface area contributed by atoms with E-state index in [1.807, 2.05) is 13.0 Å². The maximum Gasteiger partial charge on any atom is 0.131 e. The smallest absolute Gasteiger partial charge is 0.131 e. The lowest BCUT2D eigenvalue weighted by Crippen LogP contribution is -2.08. The van der Waals surface area contributed by atoms with Crippen LogP contribution in [0.25, 0.3) is 10.9 Å². The van der Waals surface area contributed by atoms with Gasteiger partial charge in [0.05, 0.1) is 20.5 Å². The first-order valence-corrected chi connectivity index (χ1v) is 6.30. The Morgan fingerprint density at radius 3 is 3.06 bits per heavy atom. The number of benzene rings is 1. The molecule has 1 aliphatic heterocycles. The summed E-state index contributed by atoms with van der Waals surface area (Å²) in [5.41, 5.74) is 4.56. The Morgan fingerprint density at radius 1 is 1.44 bits per heavy atom. The predicted octanol–water partition coefficient (Wildman–Crippen LogP) is 2.84. The highest BCUT2D eigenvalue weighted by Crippen LogP contribution is 2.33. The van der Waals surface area contributed by atoms with Crippen LogP contribution in [0.4, 0.5) is 0 Å². The highest BCUT2D eigenvalue weighted by atomic mass is 131. The van der Waals surface area contributed by atoms with Gasteiger partial charge in [0.25, 0.3) is 0 Å². The van der Waals surface area contributed by atoms with Crippen molar-refractivity contribution in [2.45, 2.75) is 13.3 Å². The summed E-state index contributed by atoms with van der Waals surface area (Å²) in [6.07, 6.45) is 0.980. The fraction of sp³-hybridized carbons (Fsp3) is 0.250. The summed E-state index contributed by atoms with van der Waals surface area (Å²) in [6, 6.07) is 3.75. The minimum absolute atomic E-state index is 0.335. The molecule has 82 valence electrons. The van der Waals surface area contributed by atoms with E-state index in [0.29, 0.717) is 5.75 Å². The van der Waals surface area contributed by atoms with Gasteiger partial charge in [0.15, 0.2) is 0 Å². The monoisotopic (exact) mass is 330 g/mol.